The van der Waals surface area contributed by atoms with Crippen LogP contribution in [0, 0.1) is 0 Å². The number of H-pyrrole nitrogens is 1. The third-order valence-corrected chi connectivity index (χ3v) is 6.38. The molecule has 1 heterocycles. The van der Waals surface area contributed by atoms with Crippen LogP contribution in [0.2, 0.25) is 0 Å². The van der Waals surface area contributed by atoms with Crippen molar-refractivity contribution in [1.82, 2.24) is 9.97 Å². The van der Waals surface area contributed by atoms with Gasteiger partial charge < -0.3 is 56.3 Å². The van der Waals surface area contributed by atoms with Gasteiger partial charge in [-0.1, -0.05) is 24.3 Å². The number of carboxylic acid groups (broad SMARTS) is 2. The molecule has 0 fully saturated rings. The van der Waals surface area contributed by atoms with Gasteiger partial charge in [-0.25, -0.2) is 14.6 Å². The topological polar surface area (TPSA) is 277 Å². The van der Waals surface area contributed by atoms with E-state index in [0.717, 1.165) is 17.8 Å². The summed E-state index contributed by atoms with van der Waals surface area (Å²) >= 11 is 0. The first-order valence-corrected chi connectivity index (χ1v) is 13.6. The van der Waals surface area contributed by atoms with Crippen LogP contribution in [-0.4, -0.2) is 80.9 Å². The second kappa shape index (κ2) is 16.0. The monoisotopic (exact) mass is 649 g/mol. The minimum absolute atomic E-state index is 0.112. The molecular formula is C32H31N3O12. The maximum Gasteiger partial charge on any atom is 0.345 e. The van der Waals surface area contributed by atoms with Crippen molar-refractivity contribution in [2.45, 2.75) is 25.0 Å². The van der Waals surface area contributed by atoms with Crippen LogP contribution >= 0.6 is 0 Å². The molecule has 0 amide bonds. The quantitative estimate of drug-likeness (QED) is 0.0484. The number of aromatic amines is 1. The average Bonchev–Trinajstić information content (AvgIpc) is 3.53. The molecule has 0 bridgehead atoms. The molecule has 1 unspecified atom stereocenters. The number of aromatic nitrogens is 2. The normalized spacial score (nSPS) is 12.3. The van der Waals surface area contributed by atoms with Crippen LogP contribution in [-0.2, 0) is 32.0 Å². The molecule has 0 aliphatic rings. The number of aromatic hydroxyl groups is 6. The van der Waals surface area contributed by atoms with Gasteiger partial charge in [-0.05, 0) is 59.2 Å². The smallest absolute Gasteiger partial charge is 0.345 e. The highest BCUT2D eigenvalue weighted by Gasteiger charge is 2.22. The number of carboxylic acids is 2. The molecule has 0 saturated carbocycles. The van der Waals surface area contributed by atoms with Crippen molar-refractivity contribution in [2.75, 3.05) is 0 Å². The van der Waals surface area contributed by atoms with Gasteiger partial charge in [-0.2, -0.15) is 0 Å². The van der Waals surface area contributed by atoms with Gasteiger partial charge in [0.2, 0.25) is 6.10 Å². The van der Waals surface area contributed by atoms with Gasteiger partial charge in [-0.3, -0.25) is 4.79 Å². The second-order valence-corrected chi connectivity index (χ2v) is 9.87. The lowest BCUT2D eigenvalue weighted by atomic mass is 10.0. The van der Waals surface area contributed by atoms with Crippen molar-refractivity contribution >= 4 is 36.1 Å². The van der Waals surface area contributed by atoms with E-state index >= 15 is 0 Å². The summed E-state index contributed by atoms with van der Waals surface area (Å²) in [6.07, 6.45) is 6.57. The van der Waals surface area contributed by atoms with Gasteiger partial charge in [0.25, 0.3) is 0 Å². The van der Waals surface area contributed by atoms with Crippen molar-refractivity contribution in [1.29, 1.82) is 0 Å². The van der Waals surface area contributed by atoms with Crippen molar-refractivity contribution in [3.63, 3.8) is 0 Å². The van der Waals surface area contributed by atoms with Gasteiger partial charge in [0, 0.05) is 36.4 Å². The fraction of sp³-hybridized carbons (Fsp3) is 0.125. The lowest BCUT2D eigenvalue weighted by Gasteiger charge is -2.13. The number of ether oxygens (including phenoxy) is 1. The molecule has 2 atom stereocenters. The molecule has 246 valence electrons. The maximum atomic E-state index is 12.3. The van der Waals surface area contributed by atoms with Gasteiger partial charge in [0.05, 0.1) is 6.33 Å². The fourth-order valence-electron chi connectivity index (χ4n) is 3.90. The molecule has 0 saturated heterocycles. The van der Waals surface area contributed by atoms with Crippen LogP contribution < -0.4 is 5.73 Å². The Morgan fingerprint density at radius 1 is 0.787 bits per heavy atom. The summed E-state index contributed by atoms with van der Waals surface area (Å²) in [6.45, 7) is 0. The number of imidazole rings is 1. The Morgan fingerprint density at radius 3 is 2.04 bits per heavy atom. The van der Waals surface area contributed by atoms with Crippen LogP contribution in [0.4, 0.5) is 0 Å². The highest BCUT2D eigenvalue weighted by atomic mass is 16.6. The summed E-state index contributed by atoms with van der Waals surface area (Å²) in [4.78, 5) is 40.6. The van der Waals surface area contributed by atoms with Crippen molar-refractivity contribution in [3.8, 4) is 34.5 Å². The van der Waals surface area contributed by atoms with Gasteiger partial charge >= 0.3 is 17.9 Å². The molecule has 0 spiro atoms. The third kappa shape index (κ3) is 10.3. The summed E-state index contributed by atoms with van der Waals surface area (Å²) < 4.78 is 5.00. The number of phenols is 6. The summed E-state index contributed by atoms with van der Waals surface area (Å²) in [5, 5.41) is 76.0. The SMILES string of the molecule is NC(Cc1cnc[nH]1)C(=O)O.O=C(/C=C\c1ccc(O)c(O)c1/C=C/c1ccc(O)c(O)c1)O[C@@H](Cc1ccc(O)c(O)c1)C(=O)O. The first-order chi connectivity index (χ1) is 22.2. The zero-order valence-corrected chi connectivity index (χ0v) is 24.4. The summed E-state index contributed by atoms with van der Waals surface area (Å²) in [5.74, 6) is -5.82. The molecule has 0 aliphatic carbocycles. The number of esters is 1. The number of nitrogens with one attached hydrogen (secondary N) is 1. The minimum atomic E-state index is -1.58. The first-order valence-electron chi connectivity index (χ1n) is 13.6. The number of carbonyl (C=O) groups is 3. The van der Waals surface area contributed by atoms with Crippen LogP contribution in [0.3, 0.4) is 0 Å². The van der Waals surface area contributed by atoms with E-state index in [1.807, 2.05) is 0 Å². The minimum Gasteiger partial charge on any atom is -0.504 e. The lowest BCUT2D eigenvalue weighted by molar-refractivity contribution is -0.160. The number of hydrogen-bond acceptors (Lipinski definition) is 12. The van der Waals surface area contributed by atoms with Crippen molar-refractivity contribution in [3.05, 3.63) is 95.1 Å². The largest absolute Gasteiger partial charge is 0.504 e. The van der Waals surface area contributed by atoms with E-state index in [1.54, 1.807) is 6.20 Å². The van der Waals surface area contributed by atoms with E-state index in [0.29, 0.717) is 11.1 Å². The Kier molecular flexibility index (Phi) is 11.9. The maximum absolute atomic E-state index is 12.3. The summed E-state index contributed by atoms with van der Waals surface area (Å²) in [5.41, 5.74) is 7.16. The number of carbonyl (C=O) groups excluding carboxylic acids is 1. The zero-order chi connectivity index (χ0) is 34.7. The van der Waals surface area contributed by atoms with Crippen molar-refractivity contribution < 1.29 is 60.0 Å². The van der Waals surface area contributed by atoms with Gasteiger partial charge in [0.15, 0.2) is 34.5 Å². The third-order valence-electron chi connectivity index (χ3n) is 6.38. The van der Waals surface area contributed by atoms with Gasteiger partial charge in [0.1, 0.15) is 6.04 Å². The van der Waals surface area contributed by atoms with E-state index in [4.69, 9.17) is 15.6 Å². The van der Waals surface area contributed by atoms with E-state index < -0.39 is 47.3 Å². The highest BCUT2D eigenvalue weighted by molar-refractivity contribution is 5.91. The van der Waals surface area contributed by atoms with Crippen LogP contribution in [0.5, 0.6) is 34.5 Å². The molecule has 0 aliphatic heterocycles. The van der Waals surface area contributed by atoms with E-state index in [1.165, 1.54) is 67.0 Å². The molecule has 11 N–H and O–H groups in total. The predicted molar refractivity (Wildman–Crippen MR) is 166 cm³/mol. The molecular weight excluding hydrogens is 618 g/mol. The number of hydrogen-bond donors (Lipinski definition) is 10. The van der Waals surface area contributed by atoms with Crippen LogP contribution in [0.1, 0.15) is 27.9 Å². The Hall–Kier alpha value is -6.48. The predicted octanol–water partition coefficient (Wildman–Crippen LogP) is 2.71. The Bertz CT molecular complexity index is 1780. The number of phenolic OH excluding ortho intramolecular Hbond substituents is 6. The highest BCUT2D eigenvalue weighted by Crippen LogP contribution is 2.34. The number of rotatable bonds is 11. The fourth-order valence-corrected chi connectivity index (χ4v) is 3.90. The molecule has 47 heavy (non-hydrogen) atoms. The van der Waals surface area contributed by atoms with Crippen LogP contribution in [0.25, 0.3) is 18.2 Å². The number of aliphatic carboxylic acids is 2. The van der Waals surface area contributed by atoms with E-state index in [2.05, 4.69) is 9.97 Å². The van der Waals surface area contributed by atoms with Crippen molar-refractivity contribution in [2.24, 2.45) is 5.73 Å². The van der Waals surface area contributed by atoms with E-state index in [9.17, 15) is 50.1 Å². The molecule has 4 rings (SSSR count). The molecule has 0 radical (unpaired) electrons. The molecule has 1 aromatic heterocycles. The average molecular weight is 650 g/mol. The summed E-state index contributed by atoms with van der Waals surface area (Å²) in [6, 6.07) is 9.50. The molecule has 4 aromatic rings. The summed E-state index contributed by atoms with van der Waals surface area (Å²) in [7, 11) is 0. The van der Waals surface area contributed by atoms with Crippen LogP contribution in [0.15, 0.2) is 67.1 Å². The number of nitrogens with two attached hydrogens (primary N) is 1. The first kappa shape index (κ1) is 35.0. The standard InChI is InChI=1S/C26H22O10.C6H9N3O2/c27-18-7-2-14(11-21(18)30)1-6-17-16(4-9-20(29)25(17)33)5-10-24(32)36-23(26(34)35)13-15-3-8-19(28)22(31)12-15;7-5(6(10)11)1-4-2-8-3-9-4/h1-12,23,27-31,33H,13H2,(H,34,35);2-3,5H,1,7H2,(H,8,9)(H,10,11)/b6-1+,10-5-;/t23-;/m0./s1. The Balaban J connectivity index is 0.000000461. The zero-order valence-electron chi connectivity index (χ0n) is 24.4. The van der Waals surface area contributed by atoms with Gasteiger partial charge in [-0.15, -0.1) is 0 Å². The number of nitrogens with zero attached hydrogens (tertiary/aromatic N) is 1. The Morgan fingerprint density at radius 2 is 1.45 bits per heavy atom. The second-order valence-electron chi connectivity index (χ2n) is 9.87. The molecule has 15 nitrogen and oxygen atoms in total. The lowest BCUT2D eigenvalue weighted by Crippen LogP contribution is -2.32. The molecule has 15 heteroatoms. The molecule has 3 aromatic carbocycles. The number of benzene rings is 3. The van der Waals surface area contributed by atoms with E-state index in [-0.39, 0.29) is 41.2 Å². The Labute approximate surface area is 266 Å².